The van der Waals surface area contributed by atoms with Crippen molar-refractivity contribution >= 4 is 11.4 Å². The highest BCUT2D eigenvalue weighted by Crippen LogP contribution is 2.36. The number of nitrogens with zero attached hydrogens (tertiary/aromatic N) is 2. The Morgan fingerprint density at radius 1 is 1.00 bits per heavy atom. The SMILES string of the molecule is CC1(C)CC(N2CCCCC2)=C/C(=N\Nc2ccccc2)C1. The molecule has 1 N–H and O–H groups in total. The fraction of sp³-hybridized carbons (Fsp3) is 0.526. The number of rotatable bonds is 3. The third-order valence-corrected chi connectivity index (χ3v) is 4.52. The molecule has 1 fully saturated rings. The Balaban J connectivity index is 1.76. The minimum Gasteiger partial charge on any atom is -0.375 e. The van der Waals surface area contributed by atoms with Gasteiger partial charge < -0.3 is 4.90 Å². The average molecular weight is 297 g/mol. The second kappa shape index (κ2) is 6.55. The molecule has 0 atom stereocenters. The van der Waals surface area contributed by atoms with Gasteiger partial charge in [0.05, 0.1) is 11.4 Å². The van der Waals surface area contributed by atoms with Gasteiger partial charge in [-0.3, -0.25) is 5.43 Å². The minimum absolute atomic E-state index is 0.290. The zero-order chi connectivity index (χ0) is 15.4. The first-order valence-electron chi connectivity index (χ1n) is 8.46. The van der Waals surface area contributed by atoms with E-state index in [-0.39, 0.29) is 0 Å². The number of piperidine rings is 1. The van der Waals surface area contributed by atoms with Crippen LogP contribution in [0.1, 0.15) is 46.0 Å². The van der Waals surface area contributed by atoms with Gasteiger partial charge in [-0.1, -0.05) is 32.0 Å². The Bertz CT molecular complexity index is 551. The number of likely N-dealkylation sites (tertiary alicyclic amines) is 1. The van der Waals surface area contributed by atoms with Crippen LogP contribution in [-0.2, 0) is 0 Å². The fourth-order valence-corrected chi connectivity index (χ4v) is 3.44. The van der Waals surface area contributed by atoms with E-state index in [1.807, 2.05) is 30.3 Å². The summed E-state index contributed by atoms with van der Waals surface area (Å²) in [6.45, 7) is 7.12. The summed E-state index contributed by atoms with van der Waals surface area (Å²) < 4.78 is 0. The van der Waals surface area contributed by atoms with Crippen molar-refractivity contribution in [3.8, 4) is 0 Å². The molecule has 1 aromatic carbocycles. The summed E-state index contributed by atoms with van der Waals surface area (Å²) in [4.78, 5) is 2.57. The van der Waals surface area contributed by atoms with Gasteiger partial charge in [-0.25, -0.2) is 0 Å². The van der Waals surface area contributed by atoms with Gasteiger partial charge >= 0.3 is 0 Å². The third-order valence-electron chi connectivity index (χ3n) is 4.52. The van der Waals surface area contributed by atoms with Crippen LogP contribution in [0, 0.1) is 5.41 Å². The summed E-state index contributed by atoms with van der Waals surface area (Å²) in [6.07, 6.45) is 8.54. The van der Waals surface area contributed by atoms with Crippen LogP contribution in [-0.4, -0.2) is 23.7 Å². The smallest absolute Gasteiger partial charge is 0.0629 e. The van der Waals surface area contributed by atoms with Gasteiger partial charge in [-0.05, 0) is 55.7 Å². The van der Waals surface area contributed by atoms with Crippen molar-refractivity contribution in [3.63, 3.8) is 0 Å². The first-order chi connectivity index (χ1) is 10.6. The highest BCUT2D eigenvalue weighted by molar-refractivity contribution is 5.97. The van der Waals surface area contributed by atoms with E-state index in [2.05, 4.69) is 35.4 Å². The van der Waals surface area contributed by atoms with Crippen molar-refractivity contribution in [2.24, 2.45) is 10.5 Å². The van der Waals surface area contributed by atoms with Gasteiger partial charge in [-0.2, -0.15) is 5.10 Å². The molecule has 22 heavy (non-hydrogen) atoms. The summed E-state index contributed by atoms with van der Waals surface area (Å²) in [6, 6.07) is 10.2. The number of hydrogen-bond donors (Lipinski definition) is 1. The highest BCUT2D eigenvalue weighted by atomic mass is 15.3. The summed E-state index contributed by atoms with van der Waals surface area (Å²) in [5.41, 5.74) is 7.18. The maximum absolute atomic E-state index is 4.66. The first kappa shape index (κ1) is 15.1. The monoisotopic (exact) mass is 297 g/mol. The topological polar surface area (TPSA) is 27.6 Å². The third kappa shape index (κ3) is 3.90. The van der Waals surface area contributed by atoms with Gasteiger partial charge in [0.1, 0.15) is 0 Å². The van der Waals surface area contributed by atoms with Gasteiger partial charge in [0, 0.05) is 18.8 Å². The van der Waals surface area contributed by atoms with Crippen LogP contribution >= 0.6 is 0 Å². The van der Waals surface area contributed by atoms with Crippen LogP contribution in [0.15, 0.2) is 47.2 Å². The van der Waals surface area contributed by atoms with Crippen LogP contribution < -0.4 is 5.43 Å². The largest absolute Gasteiger partial charge is 0.375 e. The maximum atomic E-state index is 4.66. The van der Waals surface area contributed by atoms with Gasteiger partial charge in [0.15, 0.2) is 0 Å². The van der Waals surface area contributed by atoms with Crippen molar-refractivity contribution in [2.45, 2.75) is 46.0 Å². The molecule has 0 radical (unpaired) electrons. The van der Waals surface area contributed by atoms with Crippen LogP contribution in [0.2, 0.25) is 0 Å². The average Bonchev–Trinajstić information content (AvgIpc) is 2.53. The normalized spacial score (nSPS) is 23.3. The number of para-hydroxylation sites is 1. The zero-order valence-electron chi connectivity index (χ0n) is 13.8. The summed E-state index contributed by atoms with van der Waals surface area (Å²) >= 11 is 0. The van der Waals surface area contributed by atoms with E-state index in [9.17, 15) is 0 Å². The summed E-state index contributed by atoms with van der Waals surface area (Å²) in [5.74, 6) is 0. The molecule has 0 unspecified atom stereocenters. The van der Waals surface area contributed by atoms with Crippen LogP contribution in [0.3, 0.4) is 0 Å². The molecule has 0 saturated carbocycles. The molecule has 1 aliphatic carbocycles. The van der Waals surface area contributed by atoms with Gasteiger partial charge in [-0.15, -0.1) is 0 Å². The Morgan fingerprint density at radius 3 is 2.45 bits per heavy atom. The molecule has 0 bridgehead atoms. The van der Waals surface area contributed by atoms with Crippen molar-refractivity contribution in [1.29, 1.82) is 0 Å². The number of hydrazone groups is 1. The van der Waals surface area contributed by atoms with Crippen molar-refractivity contribution < 1.29 is 0 Å². The number of allylic oxidation sites excluding steroid dienone is 2. The molecule has 3 heteroatoms. The summed E-state index contributed by atoms with van der Waals surface area (Å²) in [7, 11) is 0. The van der Waals surface area contributed by atoms with Crippen molar-refractivity contribution in [1.82, 2.24) is 4.90 Å². The van der Waals surface area contributed by atoms with E-state index in [0.717, 1.165) is 18.5 Å². The molecular weight excluding hydrogens is 270 g/mol. The van der Waals surface area contributed by atoms with E-state index in [1.165, 1.54) is 43.8 Å². The summed E-state index contributed by atoms with van der Waals surface area (Å²) in [5, 5.41) is 4.66. The molecule has 0 spiro atoms. The van der Waals surface area contributed by atoms with Crippen molar-refractivity contribution in [3.05, 3.63) is 42.1 Å². The molecular formula is C19H27N3. The van der Waals surface area contributed by atoms with Crippen LogP contribution in [0.25, 0.3) is 0 Å². The lowest BCUT2D eigenvalue weighted by molar-refractivity contribution is 0.241. The molecule has 118 valence electrons. The van der Waals surface area contributed by atoms with E-state index in [0.29, 0.717) is 5.41 Å². The second-order valence-corrected chi connectivity index (χ2v) is 7.28. The van der Waals surface area contributed by atoms with E-state index in [4.69, 9.17) is 0 Å². The van der Waals surface area contributed by atoms with E-state index >= 15 is 0 Å². The number of benzene rings is 1. The predicted octanol–water partition coefficient (Wildman–Crippen LogP) is 4.64. The Kier molecular flexibility index (Phi) is 4.51. The molecule has 3 nitrogen and oxygen atoms in total. The molecule has 2 aliphatic rings. The van der Waals surface area contributed by atoms with Gasteiger partial charge in [0.25, 0.3) is 0 Å². The lowest BCUT2D eigenvalue weighted by Gasteiger charge is -2.38. The Morgan fingerprint density at radius 2 is 1.73 bits per heavy atom. The quantitative estimate of drug-likeness (QED) is 0.823. The Hall–Kier alpha value is -1.77. The zero-order valence-corrected chi connectivity index (χ0v) is 13.8. The molecule has 3 rings (SSSR count). The first-order valence-corrected chi connectivity index (χ1v) is 8.46. The standard InChI is InChI=1S/C19H27N3/c1-19(2)14-17(21-20-16-9-5-3-6-10-16)13-18(15-19)22-11-7-4-8-12-22/h3,5-6,9-10,13,20H,4,7-8,11-12,14-15H2,1-2H3/b21-17+. The highest BCUT2D eigenvalue weighted by Gasteiger charge is 2.29. The second-order valence-electron chi connectivity index (χ2n) is 7.28. The van der Waals surface area contributed by atoms with E-state index < -0.39 is 0 Å². The molecule has 0 aromatic heterocycles. The minimum atomic E-state index is 0.290. The van der Waals surface area contributed by atoms with Crippen LogP contribution in [0.4, 0.5) is 5.69 Å². The fourth-order valence-electron chi connectivity index (χ4n) is 3.44. The maximum Gasteiger partial charge on any atom is 0.0629 e. The predicted molar refractivity (Wildman–Crippen MR) is 94.0 cm³/mol. The number of anilines is 1. The lowest BCUT2D eigenvalue weighted by atomic mass is 9.78. The molecule has 1 heterocycles. The van der Waals surface area contributed by atoms with Crippen molar-refractivity contribution in [2.75, 3.05) is 18.5 Å². The Labute approximate surface area is 134 Å². The number of hydrogen-bond acceptors (Lipinski definition) is 3. The molecule has 1 aromatic rings. The molecule has 0 amide bonds. The lowest BCUT2D eigenvalue weighted by Crippen LogP contribution is -2.34. The van der Waals surface area contributed by atoms with Gasteiger partial charge in [0.2, 0.25) is 0 Å². The van der Waals surface area contributed by atoms with E-state index in [1.54, 1.807) is 0 Å². The number of nitrogens with one attached hydrogen (secondary N) is 1. The van der Waals surface area contributed by atoms with Crippen LogP contribution in [0.5, 0.6) is 0 Å². The molecule has 1 aliphatic heterocycles. The molecule has 1 saturated heterocycles.